The zero-order valence-corrected chi connectivity index (χ0v) is 27.4. The van der Waals surface area contributed by atoms with E-state index in [1.54, 1.807) is 38.6 Å². The van der Waals surface area contributed by atoms with Crippen molar-refractivity contribution >= 4 is 51.6 Å². The maximum atomic E-state index is 15.1. The Balaban J connectivity index is 1.44. The molecule has 46 heavy (non-hydrogen) atoms. The molecule has 0 radical (unpaired) electrons. The van der Waals surface area contributed by atoms with Gasteiger partial charge in [-0.05, 0) is 60.2 Å². The summed E-state index contributed by atoms with van der Waals surface area (Å²) in [5.41, 5.74) is 1.48. The fourth-order valence-electron chi connectivity index (χ4n) is 8.05. The maximum Gasteiger partial charge on any atom is 0.251 e. The summed E-state index contributed by atoms with van der Waals surface area (Å²) in [6, 6.07) is 22.1. The molecule has 8 heteroatoms. The number of carbonyl (C=O) groups excluding carboxylic acids is 3. The van der Waals surface area contributed by atoms with E-state index in [1.165, 1.54) is 0 Å². The van der Waals surface area contributed by atoms with Crippen molar-refractivity contribution in [2.24, 2.45) is 17.8 Å². The van der Waals surface area contributed by atoms with Crippen LogP contribution in [-0.4, -0.2) is 69.5 Å². The molecule has 7 nitrogen and oxygen atoms in total. The molecule has 240 valence electrons. The molecule has 0 aromatic heterocycles. The SMILES string of the molecule is C=CCN(C(=O)C1N([C@@H](CO)CC(C)C)C(=O)[C@@H]2[C@@H](C(=O)N(CC=C)c3ccccc3)[C@H]3CCC12S3)c1ccc2ccccc2c1. The molecule has 2 bridgehead atoms. The van der Waals surface area contributed by atoms with Crippen molar-refractivity contribution in [2.45, 2.75) is 55.2 Å². The third-order valence-corrected chi connectivity index (χ3v) is 11.8. The molecule has 3 fully saturated rings. The number of amides is 3. The van der Waals surface area contributed by atoms with Crippen molar-refractivity contribution in [1.82, 2.24) is 4.90 Å². The first-order valence-electron chi connectivity index (χ1n) is 16.2. The Bertz CT molecular complexity index is 1640. The molecule has 2 unspecified atom stereocenters. The first kappa shape index (κ1) is 32.1. The second-order valence-corrected chi connectivity index (χ2v) is 14.7. The summed E-state index contributed by atoms with van der Waals surface area (Å²) in [4.78, 5) is 49.5. The molecule has 6 atom stereocenters. The van der Waals surface area contributed by atoms with Crippen LogP contribution in [-0.2, 0) is 14.4 Å². The highest BCUT2D eigenvalue weighted by Gasteiger charge is 2.74. The van der Waals surface area contributed by atoms with Crippen LogP contribution in [0.5, 0.6) is 0 Å². The van der Waals surface area contributed by atoms with Gasteiger partial charge in [-0.1, -0.05) is 74.5 Å². The Morgan fingerprint density at radius 2 is 1.61 bits per heavy atom. The molecule has 1 spiro atoms. The third-order valence-electron chi connectivity index (χ3n) is 9.87. The zero-order valence-electron chi connectivity index (χ0n) is 26.6. The Morgan fingerprint density at radius 3 is 2.26 bits per heavy atom. The number of likely N-dealkylation sites (tertiary alicyclic amines) is 1. The first-order chi connectivity index (χ1) is 22.2. The normalized spacial score (nSPS) is 25.5. The third kappa shape index (κ3) is 5.35. The minimum atomic E-state index is -0.829. The second-order valence-electron chi connectivity index (χ2n) is 13.1. The predicted molar refractivity (Wildman–Crippen MR) is 187 cm³/mol. The van der Waals surface area contributed by atoms with Gasteiger partial charge in [0.25, 0.3) is 5.91 Å². The number of fused-ring (bicyclic) bond motifs is 2. The summed E-state index contributed by atoms with van der Waals surface area (Å²) in [6.07, 6.45) is 5.36. The molecule has 3 amide bonds. The number of benzene rings is 3. The fourth-order valence-corrected chi connectivity index (χ4v) is 10.2. The van der Waals surface area contributed by atoms with Gasteiger partial charge in [0.05, 0.1) is 29.2 Å². The molecule has 3 aliphatic heterocycles. The van der Waals surface area contributed by atoms with Gasteiger partial charge in [-0.3, -0.25) is 14.4 Å². The van der Waals surface area contributed by atoms with Crippen LogP contribution < -0.4 is 9.80 Å². The topological polar surface area (TPSA) is 81.2 Å². The lowest BCUT2D eigenvalue weighted by Gasteiger charge is -2.40. The van der Waals surface area contributed by atoms with E-state index >= 15 is 4.79 Å². The van der Waals surface area contributed by atoms with E-state index in [2.05, 4.69) is 27.0 Å². The van der Waals surface area contributed by atoms with Gasteiger partial charge in [0.15, 0.2) is 0 Å². The van der Waals surface area contributed by atoms with Gasteiger partial charge in [-0.2, -0.15) is 0 Å². The Kier molecular flexibility index (Phi) is 9.12. The smallest absolute Gasteiger partial charge is 0.251 e. The van der Waals surface area contributed by atoms with Gasteiger partial charge in [-0.15, -0.1) is 24.9 Å². The molecule has 3 aromatic carbocycles. The number of anilines is 2. The number of nitrogens with zero attached hydrogens (tertiary/aromatic N) is 3. The maximum absolute atomic E-state index is 15.1. The minimum Gasteiger partial charge on any atom is -0.394 e. The zero-order chi connectivity index (χ0) is 32.6. The van der Waals surface area contributed by atoms with Crippen LogP contribution in [0.2, 0.25) is 0 Å². The highest BCUT2D eigenvalue weighted by molar-refractivity contribution is 8.02. The van der Waals surface area contributed by atoms with E-state index in [9.17, 15) is 14.7 Å². The summed E-state index contributed by atoms with van der Waals surface area (Å²) in [5, 5.41) is 12.7. The van der Waals surface area contributed by atoms with Crippen LogP contribution in [0, 0.1) is 17.8 Å². The largest absolute Gasteiger partial charge is 0.394 e. The molecular weight excluding hydrogens is 595 g/mol. The van der Waals surface area contributed by atoms with Gasteiger partial charge in [0, 0.05) is 29.7 Å². The van der Waals surface area contributed by atoms with Crippen molar-refractivity contribution in [1.29, 1.82) is 0 Å². The van der Waals surface area contributed by atoms with Crippen LogP contribution in [0.1, 0.15) is 33.1 Å². The number of hydrogen-bond acceptors (Lipinski definition) is 5. The van der Waals surface area contributed by atoms with Gasteiger partial charge in [0.1, 0.15) is 6.04 Å². The summed E-state index contributed by atoms with van der Waals surface area (Å²) >= 11 is 1.65. The standard InChI is InChI=1S/C38H43N3O4S/c1-5-20-39(28-14-8-7-9-15-28)35(43)32-31-18-19-38(46-31)33(32)36(44)41(30(24-42)22-25(3)4)34(38)37(45)40(21-6-2)29-17-16-26-12-10-11-13-27(26)23-29/h5-17,23,25,30-34,42H,1-2,18-22,24H2,3-4H3/t30-,31-,32+,33+,34?,38?/m1/s1. The van der Waals surface area contributed by atoms with E-state index in [1.807, 2.05) is 72.8 Å². The fraction of sp³-hybridized carbons (Fsp3) is 0.395. The lowest BCUT2D eigenvalue weighted by Crippen LogP contribution is -2.58. The van der Waals surface area contributed by atoms with Crippen LogP contribution in [0.4, 0.5) is 11.4 Å². The molecule has 3 saturated heterocycles. The predicted octanol–water partition coefficient (Wildman–Crippen LogP) is 6.08. The molecule has 0 saturated carbocycles. The van der Waals surface area contributed by atoms with E-state index in [0.717, 1.165) is 28.6 Å². The molecule has 1 N–H and O–H groups in total. The van der Waals surface area contributed by atoms with Gasteiger partial charge < -0.3 is 19.8 Å². The van der Waals surface area contributed by atoms with E-state index in [4.69, 9.17) is 0 Å². The number of aliphatic hydroxyl groups excluding tert-OH is 1. The van der Waals surface area contributed by atoms with Gasteiger partial charge in [0.2, 0.25) is 11.8 Å². The lowest BCUT2D eigenvalue weighted by atomic mass is 9.70. The average Bonchev–Trinajstić information content (AvgIpc) is 3.72. The van der Waals surface area contributed by atoms with Crippen molar-refractivity contribution in [3.05, 3.63) is 98.1 Å². The Hall–Kier alpha value is -3.88. The van der Waals surface area contributed by atoms with Crippen molar-refractivity contribution in [3.63, 3.8) is 0 Å². The Morgan fingerprint density at radius 1 is 0.957 bits per heavy atom. The van der Waals surface area contributed by atoms with E-state index in [0.29, 0.717) is 19.4 Å². The second kappa shape index (κ2) is 13.1. The molecule has 0 aliphatic carbocycles. The highest BCUT2D eigenvalue weighted by atomic mass is 32.2. The molecule has 3 heterocycles. The van der Waals surface area contributed by atoms with Crippen LogP contribution in [0.15, 0.2) is 98.1 Å². The first-order valence-corrected chi connectivity index (χ1v) is 17.1. The summed E-state index contributed by atoms with van der Waals surface area (Å²) in [5.74, 6) is -1.57. The van der Waals surface area contributed by atoms with Crippen molar-refractivity contribution in [2.75, 3.05) is 29.5 Å². The van der Waals surface area contributed by atoms with Gasteiger partial charge >= 0.3 is 0 Å². The number of para-hydroxylation sites is 1. The van der Waals surface area contributed by atoms with E-state index < -0.39 is 28.7 Å². The summed E-state index contributed by atoms with van der Waals surface area (Å²) in [6.45, 7) is 12.3. The number of carbonyl (C=O) groups is 3. The lowest BCUT2D eigenvalue weighted by molar-refractivity contribution is -0.142. The minimum absolute atomic E-state index is 0.0823. The summed E-state index contributed by atoms with van der Waals surface area (Å²) < 4.78 is -0.781. The number of thioether (sulfide) groups is 1. The van der Waals surface area contributed by atoms with Crippen molar-refractivity contribution < 1.29 is 19.5 Å². The molecule has 3 aromatic rings. The Labute approximate surface area is 275 Å². The van der Waals surface area contributed by atoms with Crippen LogP contribution in [0.25, 0.3) is 10.8 Å². The van der Waals surface area contributed by atoms with Gasteiger partial charge in [-0.25, -0.2) is 0 Å². The quantitative estimate of drug-likeness (QED) is 0.244. The number of rotatable bonds is 12. The number of hydrogen-bond donors (Lipinski definition) is 1. The summed E-state index contributed by atoms with van der Waals surface area (Å²) in [7, 11) is 0. The molecule has 6 rings (SSSR count). The van der Waals surface area contributed by atoms with E-state index in [-0.39, 0.29) is 42.0 Å². The van der Waals surface area contributed by atoms with Crippen molar-refractivity contribution in [3.8, 4) is 0 Å². The molecular formula is C38H43N3O4S. The average molecular weight is 638 g/mol. The number of aliphatic hydroxyl groups is 1. The van der Waals surface area contributed by atoms with Crippen LogP contribution in [0.3, 0.4) is 0 Å². The van der Waals surface area contributed by atoms with Crippen LogP contribution >= 0.6 is 11.8 Å². The molecule has 3 aliphatic rings. The monoisotopic (exact) mass is 637 g/mol. The highest BCUT2D eigenvalue weighted by Crippen LogP contribution is 2.67.